The maximum atomic E-state index is 8.86. The third-order valence-electron chi connectivity index (χ3n) is 1.94. The molecule has 4 heteroatoms. The molecule has 0 saturated heterocycles. The van der Waals surface area contributed by atoms with Gasteiger partial charge in [-0.15, -0.1) is 0 Å². The number of aliphatic hydroxyl groups is 1. The second-order valence-electron chi connectivity index (χ2n) is 3.49. The Hall–Kier alpha value is -0.160. The van der Waals surface area contributed by atoms with Crippen molar-refractivity contribution in [1.29, 1.82) is 0 Å². The normalized spacial score (nSPS) is 11.2. The molecule has 0 atom stereocenters. The monoisotopic (exact) mass is 219 g/mol. The summed E-state index contributed by atoms with van der Waals surface area (Å²) in [7, 11) is 0. The Morgan fingerprint density at radius 3 is 2.20 bits per heavy atom. The Morgan fingerprint density at radius 1 is 0.933 bits per heavy atom. The third-order valence-corrected chi connectivity index (χ3v) is 1.94. The topological polar surface area (TPSA) is 41.9 Å². The van der Waals surface area contributed by atoms with Crippen LogP contribution in [-0.4, -0.2) is 56.3 Å². The van der Waals surface area contributed by atoms with Gasteiger partial charge >= 0.3 is 0 Å². The molecule has 1 N–H and O–H groups in total. The number of hydrogen-bond acceptors (Lipinski definition) is 4. The van der Waals surface area contributed by atoms with Crippen LogP contribution < -0.4 is 0 Å². The van der Waals surface area contributed by atoms with Crippen LogP contribution in [0.5, 0.6) is 0 Å². The highest BCUT2D eigenvalue weighted by atomic mass is 16.5. The molecule has 0 rings (SSSR count). The lowest BCUT2D eigenvalue weighted by molar-refractivity contribution is 0.00342. The second kappa shape index (κ2) is 11.9. The highest BCUT2D eigenvalue weighted by Crippen LogP contribution is 1.91. The second-order valence-corrected chi connectivity index (χ2v) is 3.49. The van der Waals surface area contributed by atoms with Gasteiger partial charge in [-0.05, 0) is 12.8 Å². The maximum Gasteiger partial charge on any atom is 0.0991 e. The third kappa shape index (κ3) is 10.1. The van der Waals surface area contributed by atoms with Crippen molar-refractivity contribution in [3.63, 3.8) is 0 Å². The first kappa shape index (κ1) is 14.8. The van der Waals surface area contributed by atoms with Crippen molar-refractivity contribution in [2.24, 2.45) is 0 Å². The fraction of sp³-hybridized carbons (Fsp3) is 1.00. The van der Waals surface area contributed by atoms with Gasteiger partial charge in [0.1, 0.15) is 0 Å². The molecule has 0 aliphatic heterocycles. The number of aliphatic hydroxyl groups excluding tert-OH is 1. The predicted molar refractivity (Wildman–Crippen MR) is 60.9 cm³/mol. The Kier molecular flexibility index (Phi) is 11.8. The minimum Gasteiger partial charge on any atom is -0.395 e. The van der Waals surface area contributed by atoms with E-state index < -0.39 is 0 Å². The zero-order valence-electron chi connectivity index (χ0n) is 10.1. The molecule has 0 unspecified atom stereocenters. The molecular formula is C11H25NO3. The molecule has 0 bridgehead atoms. The molecule has 0 radical (unpaired) electrons. The molecule has 0 amide bonds. The molecular weight excluding hydrogens is 194 g/mol. The summed E-state index contributed by atoms with van der Waals surface area (Å²) in [6.45, 7) is 8.71. The minimum atomic E-state index is 0.170. The fourth-order valence-electron chi connectivity index (χ4n) is 1.16. The van der Waals surface area contributed by atoms with Crippen LogP contribution >= 0.6 is 0 Å². The van der Waals surface area contributed by atoms with Gasteiger partial charge < -0.3 is 14.6 Å². The zero-order chi connectivity index (χ0) is 11.4. The van der Waals surface area contributed by atoms with Crippen molar-refractivity contribution < 1.29 is 14.6 Å². The Labute approximate surface area is 93.2 Å². The Balaban J connectivity index is 3.44. The van der Waals surface area contributed by atoms with Crippen LogP contribution in [0.4, 0.5) is 0 Å². The summed E-state index contributed by atoms with van der Waals surface area (Å²) in [5, 5.41) is 8.86. The van der Waals surface area contributed by atoms with Gasteiger partial charge in [-0.1, -0.05) is 13.8 Å². The van der Waals surface area contributed by atoms with E-state index in [0.717, 1.165) is 32.6 Å². The molecule has 4 nitrogen and oxygen atoms in total. The van der Waals surface area contributed by atoms with Gasteiger partial charge in [-0.2, -0.15) is 0 Å². The van der Waals surface area contributed by atoms with Crippen LogP contribution in [0, 0.1) is 0 Å². The summed E-state index contributed by atoms with van der Waals surface area (Å²) in [5.74, 6) is 0. The Bertz CT molecular complexity index is 122. The number of hydrogen-bond donors (Lipinski definition) is 1. The van der Waals surface area contributed by atoms with Crippen molar-refractivity contribution >= 4 is 0 Å². The molecule has 0 aromatic heterocycles. The summed E-state index contributed by atoms with van der Waals surface area (Å²) in [6.07, 6.45) is 2.08. The number of nitrogens with zero attached hydrogens (tertiary/aromatic N) is 1. The molecule has 0 aliphatic rings. The standard InChI is InChI=1S/C11H25NO3/c1-3-8-14-10-6-12(5-7-13)11-15-9-4-2/h13H,3-11H2,1-2H3. The fourth-order valence-corrected chi connectivity index (χ4v) is 1.16. The lowest BCUT2D eigenvalue weighted by atomic mass is 10.5. The molecule has 0 heterocycles. The molecule has 0 aromatic carbocycles. The van der Waals surface area contributed by atoms with Crippen molar-refractivity contribution in [2.45, 2.75) is 26.7 Å². The molecule has 0 spiro atoms. The maximum absolute atomic E-state index is 8.86. The van der Waals surface area contributed by atoms with E-state index in [-0.39, 0.29) is 6.61 Å². The van der Waals surface area contributed by atoms with Crippen molar-refractivity contribution in [1.82, 2.24) is 4.90 Å². The van der Waals surface area contributed by atoms with Crippen molar-refractivity contribution in [3.05, 3.63) is 0 Å². The molecule has 0 fully saturated rings. The van der Waals surface area contributed by atoms with Gasteiger partial charge in [0.15, 0.2) is 0 Å². The van der Waals surface area contributed by atoms with Crippen LogP contribution in [0.3, 0.4) is 0 Å². The van der Waals surface area contributed by atoms with Crippen LogP contribution in [0.25, 0.3) is 0 Å². The molecule has 15 heavy (non-hydrogen) atoms. The van der Waals surface area contributed by atoms with E-state index in [2.05, 4.69) is 18.7 Å². The van der Waals surface area contributed by atoms with Crippen molar-refractivity contribution in [2.75, 3.05) is 46.2 Å². The summed E-state index contributed by atoms with van der Waals surface area (Å²) >= 11 is 0. The first-order valence-corrected chi connectivity index (χ1v) is 5.83. The van der Waals surface area contributed by atoms with Crippen LogP contribution in [-0.2, 0) is 9.47 Å². The quantitative estimate of drug-likeness (QED) is 0.417. The number of ether oxygens (including phenoxy) is 2. The van der Waals surface area contributed by atoms with Gasteiger partial charge in [0, 0.05) is 26.3 Å². The average Bonchev–Trinajstić information content (AvgIpc) is 2.24. The first-order valence-electron chi connectivity index (χ1n) is 5.83. The zero-order valence-corrected chi connectivity index (χ0v) is 10.1. The van der Waals surface area contributed by atoms with Gasteiger partial charge in [0.05, 0.1) is 19.9 Å². The highest BCUT2D eigenvalue weighted by molar-refractivity contribution is 4.51. The molecule has 92 valence electrons. The largest absolute Gasteiger partial charge is 0.395 e. The minimum absolute atomic E-state index is 0.170. The molecule has 0 aliphatic carbocycles. The van der Waals surface area contributed by atoms with Gasteiger partial charge in [-0.3, -0.25) is 4.90 Å². The number of rotatable bonds is 11. The molecule has 0 saturated carbocycles. The van der Waals surface area contributed by atoms with E-state index in [0.29, 0.717) is 19.9 Å². The van der Waals surface area contributed by atoms with Crippen LogP contribution in [0.2, 0.25) is 0 Å². The van der Waals surface area contributed by atoms with Gasteiger partial charge in [0.2, 0.25) is 0 Å². The lowest BCUT2D eigenvalue weighted by Crippen LogP contribution is -2.32. The van der Waals surface area contributed by atoms with E-state index in [1.54, 1.807) is 0 Å². The lowest BCUT2D eigenvalue weighted by Gasteiger charge is -2.20. The SMILES string of the molecule is CCCOCCN(CCO)COCCC. The van der Waals surface area contributed by atoms with Crippen LogP contribution in [0.15, 0.2) is 0 Å². The van der Waals surface area contributed by atoms with Crippen LogP contribution in [0.1, 0.15) is 26.7 Å². The van der Waals surface area contributed by atoms with E-state index in [1.807, 2.05) is 0 Å². The van der Waals surface area contributed by atoms with Crippen molar-refractivity contribution in [3.8, 4) is 0 Å². The highest BCUT2D eigenvalue weighted by Gasteiger charge is 2.03. The van der Waals surface area contributed by atoms with E-state index in [1.165, 1.54) is 0 Å². The first-order chi connectivity index (χ1) is 7.35. The van der Waals surface area contributed by atoms with E-state index in [9.17, 15) is 0 Å². The smallest absolute Gasteiger partial charge is 0.0991 e. The summed E-state index contributed by atoms with van der Waals surface area (Å²) in [4.78, 5) is 2.06. The predicted octanol–water partition coefficient (Wildman–Crippen LogP) is 1.09. The molecule has 0 aromatic rings. The Morgan fingerprint density at radius 2 is 1.60 bits per heavy atom. The summed E-state index contributed by atoms with van der Waals surface area (Å²) in [6, 6.07) is 0. The van der Waals surface area contributed by atoms with E-state index in [4.69, 9.17) is 14.6 Å². The van der Waals surface area contributed by atoms with E-state index >= 15 is 0 Å². The average molecular weight is 219 g/mol. The van der Waals surface area contributed by atoms with Gasteiger partial charge in [-0.25, -0.2) is 0 Å². The summed E-state index contributed by atoms with van der Waals surface area (Å²) < 4.78 is 10.8. The van der Waals surface area contributed by atoms with Gasteiger partial charge in [0.25, 0.3) is 0 Å². The summed E-state index contributed by atoms with van der Waals surface area (Å²) in [5.41, 5.74) is 0.